The van der Waals surface area contributed by atoms with Crippen LogP contribution in [0.3, 0.4) is 0 Å². The lowest BCUT2D eigenvalue weighted by Crippen LogP contribution is -2.30. The molecule has 1 amide bonds. The van der Waals surface area contributed by atoms with Gasteiger partial charge < -0.3 is 16.2 Å². The molecule has 1 aromatic rings. The SMILES string of the molecule is CCC(C)(CO)CNc1ccccc1CC(N)=O. The van der Waals surface area contributed by atoms with E-state index in [0.717, 1.165) is 17.7 Å². The van der Waals surface area contributed by atoms with E-state index in [9.17, 15) is 9.90 Å². The molecule has 0 spiro atoms. The molecular formula is C14H22N2O2. The van der Waals surface area contributed by atoms with Crippen LogP contribution < -0.4 is 11.1 Å². The Kier molecular flexibility index (Phi) is 5.16. The first-order valence-corrected chi connectivity index (χ1v) is 6.21. The maximum absolute atomic E-state index is 11.0. The van der Waals surface area contributed by atoms with Gasteiger partial charge in [-0.15, -0.1) is 0 Å². The van der Waals surface area contributed by atoms with Crippen molar-refractivity contribution >= 4 is 11.6 Å². The summed E-state index contributed by atoms with van der Waals surface area (Å²) in [6.07, 6.45) is 1.11. The van der Waals surface area contributed by atoms with E-state index in [0.29, 0.717) is 6.54 Å². The summed E-state index contributed by atoms with van der Waals surface area (Å²) in [4.78, 5) is 11.0. The Bertz CT molecular complexity index is 401. The highest BCUT2D eigenvalue weighted by Gasteiger charge is 2.20. The summed E-state index contributed by atoms with van der Waals surface area (Å²) < 4.78 is 0. The zero-order valence-corrected chi connectivity index (χ0v) is 11.1. The molecule has 0 saturated carbocycles. The Morgan fingerprint density at radius 3 is 2.67 bits per heavy atom. The predicted octanol–water partition coefficient (Wildman–Crippen LogP) is 1.53. The van der Waals surface area contributed by atoms with Gasteiger partial charge in [-0.2, -0.15) is 0 Å². The van der Waals surface area contributed by atoms with E-state index in [1.165, 1.54) is 0 Å². The molecule has 0 heterocycles. The number of primary amides is 1. The van der Waals surface area contributed by atoms with Crippen LogP contribution in [-0.2, 0) is 11.2 Å². The molecule has 0 aliphatic rings. The number of amides is 1. The minimum absolute atomic E-state index is 0.133. The zero-order chi connectivity index (χ0) is 13.6. The smallest absolute Gasteiger partial charge is 0.221 e. The largest absolute Gasteiger partial charge is 0.396 e. The van der Waals surface area contributed by atoms with Gasteiger partial charge in [0, 0.05) is 17.6 Å². The highest BCUT2D eigenvalue weighted by molar-refractivity contribution is 5.78. The molecule has 0 saturated heterocycles. The summed E-state index contributed by atoms with van der Waals surface area (Å²) in [6, 6.07) is 7.60. The second kappa shape index (κ2) is 6.40. The molecule has 0 aromatic heterocycles. The van der Waals surface area contributed by atoms with Crippen molar-refractivity contribution in [2.24, 2.45) is 11.1 Å². The summed E-state index contributed by atoms with van der Waals surface area (Å²) in [6.45, 7) is 4.87. The number of aliphatic hydroxyl groups is 1. The topological polar surface area (TPSA) is 75.3 Å². The standard InChI is InChI=1S/C14H22N2O2/c1-3-14(2,10-17)9-16-12-7-5-4-6-11(12)8-13(15)18/h4-7,16-17H,3,8-10H2,1-2H3,(H2,15,18). The Labute approximate surface area is 108 Å². The van der Waals surface area contributed by atoms with Crippen molar-refractivity contribution in [3.8, 4) is 0 Å². The third-order valence-corrected chi connectivity index (χ3v) is 3.32. The molecule has 1 rings (SSSR count). The molecule has 0 bridgehead atoms. The van der Waals surface area contributed by atoms with Crippen LogP contribution in [0, 0.1) is 5.41 Å². The van der Waals surface area contributed by atoms with Gasteiger partial charge >= 0.3 is 0 Å². The molecule has 4 N–H and O–H groups in total. The van der Waals surface area contributed by atoms with E-state index in [1.807, 2.05) is 38.1 Å². The molecule has 1 aromatic carbocycles. The number of nitrogens with two attached hydrogens (primary N) is 1. The number of benzene rings is 1. The van der Waals surface area contributed by atoms with Gasteiger partial charge in [-0.25, -0.2) is 0 Å². The Hall–Kier alpha value is -1.55. The van der Waals surface area contributed by atoms with E-state index in [-0.39, 0.29) is 24.3 Å². The number of hydrogen-bond donors (Lipinski definition) is 3. The lowest BCUT2D eigenvalue weighted by Gasteiger charge is -2.27. The van der Waals surface area contributed by atoms with Crippen LogP contribution in [0.1, 0.15) is 25.8 Å². The van der Waals surface area contributed by atoms with Crippen molar-refractivity contribution in [2.45, 2.75) is 26.7 Å². The highest BCUT2D eigenvalue weighted by Crippen LogP contribution is 2.23. The average molecular weight is 250 g/mol. The van der Waals surface area contributed by atoms with Crippen LogP contribution in [0.5, 0.6) is 0 Å². The van der Waals surface area contributed by atoms with Gasteiger partial charge in [0.15, 0.2) is 0 Å². The van der Waals surface area contributed by atoms with E-state index in [4.69, 9.17) is 5.73 Å². The molecule has 1 atom stereocenters. The van der Waals surface area contributed by atoms with Crippen LogP contribution in [0.2, 0.25) is 0 Å². The number of anilines is 1. The van der Waals surface area contributed by atoms with Gasteiger partial charge in [-0.3, -0.25) is 4.79 Å². The first-order chi connectivity index (χ1) is 8.50. The first kappa shape index (κ1) is 14.5. The zero-order valence-electron chi connectivity index (χ0n) is 11.1. The number of para-hydroxylation sites is 1. The quantitative estimate of drug-likeness (QED) is 0.687. The second-order valence-corrected chi connectivity index (χ2v) is 4.98. The van der Waals surface area contributed by atoms with Crippen molar-refractivity contribution in [3.05, 3.63) is 29.8 Å². The minimum Gasteiger partial charge on any atom is -0.396 e. The van der Waals surface area contributed by atoms with Crippen LogP contribution in [-0.4, -0.2) is 24.2 Å². The minimum atomic E-state index is -0.343. The van der Waals surface area contributed by atoms with E-state index < -0.39 is 0 Å². The van der Waals surface area contributed by atoms with Crippen molar-refractivity contribution in [1.82, 2.24) is 0 Å². The number of hydrogen-bond acceptors (Lipinski definition) is 3. The fourth-order valence-corrected chi connectivity index (χ4v) is 1.64. The lowest BCUT2D eigenvalue weighted by molar-refractivity contribution is -0.117. The summed E-state index contributed by atoms with van der Waals surface area (Å²) in [5, 5.41) is 12.7. The first-order valence-electron chi connectivity index (χ1n) is 6.21. The van der Waals surface area contributed by atoms with E-state index >= 15 is 0 Å². The van der Waals surface area contributed by atoms with Gasteiger partial charge in [0.1, 0.15) is 0 Å². The van der Waals surface area contributed by atoms with Gasteiger partial charge in [0.25, 0.3) is 0 Å². The molecule has 0 radical (unpaired) electrons. The number of nitrogens with one attached hydrogen (secondary N) is 1. The third kappa shape index (κ3) is 4.04. The number of carbonyl (C=O) groups is 1. The molecular weight excluding hydrogens is 228 g/mol. The van der Waals surface area contributed by atoms with Crippen LogP contribution in [0.15, 0.2) is 24.3 Å². The van der Waals surface area contributed by atoms with Gasteiger partial charge in [0.05, 0.1) is 13.0 Å². The van der Waals surface area contributed by atoms with Crippen LogP contribution >= 0.6 is 0 Å². The molecule has 100 valence electrons. The number of aliphatic hydroxyl groups excluding tert-OH is 1. The maximum Gasteiger partial charge on any atom is 0.221 e. The van der Waals surface area contributed by atoms with Gasteiger partial charge in [0.2, 0.25) is 5.91 Å². The Morgan fingerprint density at radius 2 is 2.11 bits per heavy atom. The third-order valence-electron chi connectivity index (χ3n) is 3.32. The second-order valence-electron chi connectivity index (χ2n) is 4.98. The average Bonchev–Trinajstić information content (AvgIpc) is 2.37. The van der Waals surface area contributed by atoms with E-state index in [2.05, 4.69) is 5.32 Å². The number of rotatable bonds is 7. The fraction of sp³-hybridized carbons (Fsp3) is 0.500. The van der Waals surface area contributed by atoms with Gasteiger partial charge in [-0.1, -0.05) is 32.0 Å². The highest BCUT2D eigenvalue weighted by atomic mass is 16.3. The summed E-state index contributed by atoms with van der Waals surface area (Å²) in [5.41, 5.74) is 6.87. The Morgan fingerprint density at radius 1 is 1.44 bits per heavy atom. The van der Waals surface area contributed by atoms with Crippen LogP contribution in [0.4, 0.5) is 5.69 Å². The van der Waals surface area contributed by atoms with Crippen molar-refractivity contribution in [2.75, 3.05) is 18.5 Å². The van der Waals surface area contributed by atoms with E-state index in [1.54, 1.807) is 0 Å². The fourth-order valence-electron chi connectivity index (χ4n) is 1.64. The molecule has 0 aliphatic heterocycles. The van der Waals surface area contributed by atoms with Crippen molar-refractivity contribution < 1.29 is 9.90 Å². The predicted molar refractivity (Wildman–Crippen MR) is 73.3 cm³/mol. The van der Waals surface area contributed by atoms with Crippen LogP contribution in [0.25, 0.3) is 0 Å². The summed E-state index contributed by atoms with van der Waals surface area (Å²) >= 11 is 0. The number of carbonyl (C=O) groups excluding carboxylic acids is 1. The molecule has 0 aliphatic carbocycles. The van der Waals surface area contributed by atoms with Gasteiger partial charge in [-0.05, 0) is 18.1 Å². The molecule has 4 nitrogen and oxygen atoms in total. The van der Waals surface area contributed by atoms with Crippen molar-refractivity contribution in [3.63, 3.8) is 0 Å². The molecule has 4 heteroatoms. The monoisotopic (exact) mass is 250 g/mol. The molecule has 18 heavy (non-hydrogen) atoms. The normalized spacial score (nSPS) is 13.9. The summed E-state index contributed by atoms with van der Waals surface area (Å²) in [5.74, 6) is -0.343. The summed E-state index contributed by atoms with van der Waals surface area (Å²) in [7, 11) is 0. The van der Waals surface area contributed by atoms with Crippen molar-refractivity contribution in [1.29, 1.82) is 0 Å². The molecule has 0 fully saturated rings. The molecule has 1 unspecified atom stereocenters. The maximum atomic E-state index is 11.0. The Balaban J connectivity index is 2.75. The lowest BCUT2D eigenvalue weighted by atomic mass is 9.88.